The first-order valence-electron chi connectivity index (χ1n) is 21.9. The van der Waals surface area contributed by atoms with Crippen LogP contribution in [0.2, 0.25) is 0 Å². The van der Waals surface area contributed by atoms with Crippen molar-refractivity contribution in [3.63, 3.8) is 0 Å². The number of aryl methyl sites for hydroxylation is 7. The molecule has 0 N–H and O–H groups in total. The number of benzene rings is 2. The third kappa shape index (κ3) is 14.3. The Kier molecular flexibility index (Phi) is 16.4. The van der Waals surface area contributed by atoms with Crippen LogP contribution in [-0.4, -0.2) is 111 Å². The molecule has 4 aromatic heterocycles. The highest BCUT2D eigenvalue weighted by molar-refractivity contribution is 7.09. The third-order valence-corrected chi connectivity index (χ3v) is 12.4. The fraction of sp³-hybridized carbons (Fsp3) is 0.360. The van der Waals surface area contributed by atoms with Crippen LogP contribution in [0.5, 0.6) is 11.5 Å². The zero-order valence-electron chi connectivity index (χ0n) is 36.7. The molecule has 2 amide bonds. The van der Waals surface area contributed by atoms with Crippen molar-refractivity contribution >= 4 is 23.5 Å². The van der Waals surface area contributed by atoms with Gasteiger partial charge in [-0.1, -0.05) is 30.3 Å². The number of ether oxygens (including phenoxy) is 2. The van der Waals surface area contributed by atoms with Gasteiger partial charge in [0.2, 0.25) is 0 Å². The molecule has 8 rings (SSSR count). The lowest BCUT2D eigenvalue weighted by Gasteiger charge is -2.33. The highest BCUT2D eigenvalue weighted by Crippen LogP contribution is 2.19. The second-order valence-corrected chi connectivity index (χ2v) is 17.2. The van der Waals surface area contributed by atoms with E-state index >= 15 is 0 Å². The molecule has 0 aliphatic carbocycles. The Morgan fingerprint density at radius 2 is 1.10 bits per heavy atom. The summed E-state index contributed by atoms with van der Waals surface area (Å²) in [5.41, 5.74) is 11.3. The van der Waals surface area contributed by atoms with Crippen LogP contribution < -0.4 is 9.47 Å². The predicted molar refractivity (Wildman–Crippen MR) is 247 cm³/mol. The van der Waals surface area contributed by atoms with Crippen LogP contribution in [0.3, 0.4) is 0 Å². The van der Waals surface area contributed by atoms with E-state index in [-0.39, 0.29) is 12.2 Å². The number of amides is 2. The van der Waals surface area contributed by atoms with E-state index in [2.05, 4.69) is 68.7 Å². The van der Waals surface area contributed by atoms with Gasteiger partial charge in [0.15, 0.2) is 0 Å². The van der Waals surface area contributed by atoms with E-state index in [1.54, 1.807) is 27.3 Å². The van der Waals surface area contributed by atoms with E-state index in [0.29, 0.717) is 37.7 Å². The molecule has 2 fully saturated rings. The van der Waals surface area contributed by atoms with Gasteiger partial charge in [-0.25, -0.2) is 14.6 Å². The molecule has 0 saturated carbocycles. The number of carbonyl (C=O) groups is 2. The van der Waals surface area contributed by atoms with Crippen LogP contribution >= 0.6 is 11.3 Å². The Balaban J connectivity index is 0.000000189. The molecule has 2 aliphatic rings. The van der Waals surface area contributed by atoms with E-state index in [1.807, 2.05) is 90.8 Å². The van der Waals surface area contributed by atoms with Gasteiger partial charge in [0.25, 0.3) is 0 Å². The summed E-state index contributed by atoms with van der Waals surface area (Å²) in [6, 6.07) is 27.9. The molecule has 0 bridgehead atoms. The van der Waals surface area contributed by atoms with Gasteiger partial charge < -0.3 is 19.3 Å². The summed E-state index contributed by atoms with van der Waals surface area (Å²) >= 11 is 1.72. The van der Waals surface area contributed by atoms with Crippen molar-refractivity contribution in [2.45, 2.75) is 59.4 Å². The Morgan fingerprint density at radius 3 is 1.56 bits per heavy atom. The van der Waals surface area contributed by atoms with Gasteiger partial charge in [-0.15, -0.1) is 11.3 Å². The molecule has 63 heavy (non-hydrogen) atoms. The maximum absolute atomic E-state index is 12.6. The van der Waals surface area contributed by atoms with Crippen molar-refractivity contribution < 1.29 is 19.1 Å². The molecule has 0 atom stereocenters. The summed E-state index contributed by atoms with van der Waals surface area (Å²) in [4.78, 5) is 52.1. The predicted octanol–water partition coefficient (Wildman–Crippen LogP) is 8.19. The van der Waals surface area contributed by atoms with Gasteiger partial charge in [0.05, 0.1) is 11.2 Å². The molecule has 0 spiro atoms. The normalized spacial score (nSPS) is 14.5. The molecular weight excluding hydrogens is 809 g/mol. The Morgan fingerprint density at radius 1 is 0.571 bits per heavy atom. The minimum atomic E-state index is -0.280. The van der Waals surface area contributed by atoms with Crippen LogP contribution in [0.1, 0.15) is 49.8 Å². The summed E-state index contributed by atoms with van der Waals surface area (Å²) < 4.78 is 11.2. The summed E-state index contributed by atoms with van der Waals surface area (Å²) in [5, 5.41) is 0. The molecule has 0 radical (unpaired) electrons. The van der Waals surface area contributed by atoms with Gasteiger partial charge in [0, 0.05) is 106 Å². The molecule has 328 valence electrons. The summed E-state index contributed by atoms with van der Waals surface area (Å²) in [6.45, 7) is 14.2. The Hall–Kier alpha value is -6.02. The van der Waals surface area contributed by atoms with Crippen molar-refractivity contribution in [3.05, 3.63) is 165 Å². The first-order valence-corrected chi connectivity index (χ1v) is 22.8. The number of piperazine rings is 2. The van der Waals surface area contributed by atoms with Crippen molar-refractivity contribution in [2.24, 2.45) is 0 Å². The van der Waals surface area contributed by atoms with Gasteiger partial charge in [-0.05, 0) is 135 Å². The van der Waals surface area contributed by atoms with Crippen molar-refractivity contribution in [1.29, 1.82) is 0 Å². The maximum Gasteiger partial charge on any atom is 0.415 e. The summed E-state index contributed by atoms with van der Waals surface area (Å²) in [6.07, 6.45) is 11.5. The van der Waals surface area contributed by atoms with Gasteiger partial charge in [0.1, 0.15) is 11.5 Å². The monoisotopic (exact) mass is 866 g/mol. The van der Waals surface area contributed by atoms with Crippen LogP contribution in [0.25, 0.3) is 0 Å². The second-order valence-electron chi connectivity index (χ2n) is 16.2. The lowest BCUT2D eigenvalue weighted by atomic mass is 10.1. The molecule has 13 heteroatoms. The fourth-order valence-corrected chi connectivity index (χ4v) is 8.38. The number of aromatic nitrogens is 4. The standard InChI is InChI=1S/C25H30N4O2S.C25H28N4O2/c1-19-9-11-26-22(17-19)6-3-21-4-7-23(8-5-21)31-25(30)29-15-13-28(14-16-29)12-10-24-20(2)27-18-32-24;1-20-10-12-27-23(17-20)7-4-21-5-8-24(9-6-21)31-25(30)29-15-13-28(14-16-29)19-22-3-2-11-26-18-22/h4-5,7-9,11,17-18H,3,6,10,12-16H2,1-2H3;2-3,5-6,8-12,17-18H,4,7,13-16,19H2,1H3. The largest absolute Gasteiger partial charge is 0.415 e. The maximum atomic E-state index is 12.6. The number of rotatable bonds is 13. The lowest BCUT2D eigenvalue weighted by Crippen LogP contribution is -2.49. The highest BCUT2D eigenvalue weighted by atomic mass is 32.1. The molecule has 12 nitrogen and oxygen atoms in total. The Bertz CT molecular complexity index is 2340. The first kappa shape index (κ1) is 45.0. The van der Waals surface area contributed by atoms with Crippen LogP contribution in [-0.2, 0) is 38.6 Å². The van der Waals surface area contributed by atoms with Crippen molar-refractivity contribution in [2.75, 3.05) is 58.9 Å². The topological polar surface area (TPSA) is 117 Å². The van der Waals surface area contributed by atoms with Crippen molar-refractivity contribution in [3.8, 4) is 11.5 Å². The number of thiazole rings is 1. The number of nitrogens with zero attached hydrogens (tertiary/aromatic N) is 8. The number of pyridine rings is 3. The molecular formula is C50H58N8O4S. The summed E-state index contributed by atoms with van der Waals surface area (Å²) in [7, 11) is 0. The fourth-order valence-electron chi connectivity index (χ4n) is 7.61. The van der Waals surface area contributed by atoms with Crippen LogP contribution in [0, 0.1) is 20.8 Å². The number of carbonyl (C=O) groups excluding carboxylic acids is 2. The summed E-state index contributed by atoms with van der Waals surface area (Å²) in [5.74, 6) is 1.18. The minimum absolute atomic E-state index is 0.264. The average Bonchev–Trinajstić information content (AvgIpc) is 3.73. The lowest BCUT2D eigenvalue weighted by molar-refractivity contribution is 0.108. The first-order chi connectivity index (χ1) is 30.7. The van der Waals surface area contributed by atoms with E-state index in [0.717, 1.165) is 88.5 Å². The zero-order valence-corrected chi connectivity index (χ0v) is 37.5. The highest BCUT2D eigenvalue weighted by Gasteiger charge is 2.24. The van der Waals surface area contributed by atoms with Crippen LogP contribution in [0.15, 0.2) is 115 Å². The SMILES string of the molecule is Cc1ccnc(CCc2ccc(OC(=O)N3CCN(CCc4scnc4C)CC3)cc2)c1.Cc1ccnc(CCc2ccc(OC(=O)N3CCN(Cc4cccnc4)CC3)cc2)c1. The molecule has 6 heterocycles. The van der Waals surface area contributed by atoms with E-state index in [4.69, 9.17) is 9.47 Å². The smallest absolute Gasteiger partial charge is 0.410 e. The average molecular weight is 867 g/mol. The molecule has 2 aromatic carbocycles. The Labute approximate surface area is 375 Å². The molecule has 6 aromatic rings. The van der Waals surface area contributed by atoms with Crippen LogP contribution in [0.4, 0.5) is 9.59 Å². The molecule has 0 unspecified atom stereocenters. The molecule has 2 aliphatic heterocycles. The van der Waals surface area contributed by atoms with Crippen molar-refractivity contribution in [1.82, 2.24) is 39.5 Å². The third-order valence-electron chi connectivity index (χ3n) is 11.4. The minimum Gasteiger partial charge on any atom is -0.410 e. The number of hydrogen-bond acceptors (Lipinski definition) is 11. The van der Waals surface area contributed by atoms with Gasteiger partial charge >= 0.3 is 12.2 Å². The van der Waals surface area contributed by atoms with E-state index in [1.165, 1.54) is 32.7 Å². The van der Waals surface area contributed by atoms with E-state index < -0.39 is 0 Å². The zero-order chi connectivity index (χ0) is 43.8. The van der Waals surface area contributed by atoms with Gasteiger partial charge in [-0.3, -0.25) is 24.8 Å². The second kappa shape index (κ2) is 22.9. The quantitative estimate of drug-likeness (QED) is 0.113. The van der Waals surface area contributed by atoms with E-state index in [9.17, 15) is 9.59 Å². The number of hydrogen-bond donors (Lipinski definition) is 0. The molecule has 2 saturated heterocycles. The van der Waals surface area contributed by atoms with Gasteiger partial charge in [-0.2, -0.15) is 0 Å².